The fourth-order valence-corrected chi connectivity index (χ4v) is 1.87. The maximum absolute atomic E-state index is 3.90. The van der Waals surface area contributed by atoms with Crippen molar-refractivity contribution in [3.63, 3.8) is 0 Å². The third-order valence-corrected chi connectivity index (χ3v) is 2.75. The molecule has 0 bridgehead atoms. The molecule has 0 saturated carbocycles. The Bertz CT molecular complexity index is 406. The standard InChI is InChI=1S/C17H20/c1-5-9-16-11-12-17(10-6-2)15(8-4)13-14(16)7-3/h5-12H,3-4,13H2,1-2H3/b9-5-,10-6-. The summed E-state index contributed by atoms with van der Waals surface area (Å²) in [5.41, 5.74) is 4.94. The third kappa shape index (κ3) is 3.32. The van der Waals surface area contributed by atoms with Crippen molar-refractivity contribution >= 4 is 0 Å². The van der Waals surface area contributed by atoms with Gasteiger partial charge in [-0.2, -0.15) is 0 Å². The minimum Gasteiger partial charge on any atom is -0.0988 e. The lowest BCUT2D eigenvalue weighted by molar-refractivity contribution is 1.19. The van der Waals surface area contributed by atoms with E-state index in [9.17, 15) is 0 Å². The number of hydrogen-bond acceptors (Lipinski definition) is 0. The molecule has 0 heteroatoms. The summed E-state index contributed by atoms with van der Waals surface area (Å²) in [6, 6.07) is 0. The van der Waals surface area contributed by atoms with E-state index in [4.69, 9.17) is 0 Å². The number of allylic oxidation sites excluding steroid dienone is 12. The smallest absolute Gasteiger partial charge is 0.00143 e. The van der Waals surface area contributed by atoms with Gasteiger partial charge in [0.05, 0.1) is 0 Å². The van der Waals surface area contributed by atoms with Crippen molar-refractivity contribution < 1.29 is 0 Å². The van der Waals surface area contributed by atoms with Gasteiger partial charge in [-0.25, -0.2) is 0 Å². The van der Waals surface area contributed by atoms with Crippen LogP contribution in [0.2, 0.25) is 0 Å². The van der Waals surface area contributed by atoms with Gasteiger partial charge >= 0.3 is 0 Å². The maximum Gasteiger partial charge on any atom is -0.00143 e. The zero-order valence-corrected chi connectivity index (χ0v) is 10.7. The van der Waals surface area contributed by atoms with E-state index in [2.05, 4.69) is 49.6 Å². The van der Waals surface area contributed by atoms with Crippen LogP contribution in [-0.2, 0) is 0 Å². The maximum atomic E-state index is 3.90. The van der Waals surface area contributed by atoms with Crippen LogP contribution in [-0.4, -0.2) is 0 Å². The first kappa shape index (κ1) is 13.2. The third-order valence-electron chi connectivity index (χ3n) is 2.75. The van der Waals surface area contributed by atoms with Crippen LogP contribution in [0.1, 0.15) is 20.3 Å². The van der Waals surface area contributed by atoms with E-state index in [1.54, 1.807) is 0 Å². The van der Waals surface area contributed by atoms with E-state index in [-0.39, 0.29) is 0 Å². The minimum absolute atomic E-state index is 0.888. The van der Waals surface area contributed by atoms with Crippen LogP contribution in [0.5, 0.6) is 0 Å². The Morgan fingerprint density at radius 3 is 1.59 bits per heavy atom. The molecule has 0 atom stereocenters. The Morgan fingerprint density at radius 1 is 0.882 bits per heavy atom. The molecule has 17 heavy (non-hydrogen) atoms. The van der Waals surface area contributed by atoms with Gasteiger partial charge in [0, 0.05) is 0 Å². The van der Waals surface area contributed by atoms with E-state index in [1.807, 2.05) is 26.0 Å². The van der Waals surface area contributed by atoms with Crippen LogP contribution in [0.15, 0.2) is 84.1 Å². The zero-order chi connectivity index (χ0) is 12.7. The first-order chi connectivity index (χ1) is 8.26. The molecule has 0 nitrogen and oxygen atoms in total. The van der Waals surface area contributed by atoms with Crippen molar-refractivity contribution in [3.05, 3.63) is 84.1 Å². The highest BCUT2D eigenvalue weighted by molar-refractivity contribution is 5.53. The summed E-state index contributed by atoms with van der Waals surface area (Å²) in [6.45, 7) is 11.9. The molecule has 0 aromatic rings. The lowest BCUT2D eigenvalue weighted by atomic mass is 9.99. The molecule has 0 aromatic carbocycles. The molecule has 0 aliphatic heterocycles. The van der Waals surface area contributed by atoms with Gasteiger partial charge in [-0.3, -0.25) is 0 Å². The summed E-state index contributed by atoms with van der Waals surface area (Å²) in [6.07, 6.45) is 17.4. The predicted molar refractivity (Wildman–Crippen MR) is 77.8 cm³/mol. The molecule has 1 aliphatic rings. The Kier molecular flexibility index (Phi) is 5.22. The fourth-order valence-electron chi connectivity index (χ4n) is 1.87. The molecule has 1 rings (SSSR count). The van der Waals surface area contributed by atoms with Crippen LogP contribution >= 0.6 is 0 Å². The van der Waals surface area contributed by atoms with Gasteiger partial charge in [-0.05, 0) is 42.6 Å². The molecule has 0 unspecified atom stereocenters. The Balaban J connectivity index is 3.26. The van der Waals surface area contributed by atoms with Crippen molar-refractivity contribution in [2.75, 3.05) is 0 Å². The van der Waals surface area contributed by atoms with Crippen LogP contribution < -0.4 is 0 Å². The monoisotopic (exact) mass is 224 g/mol. The van der Waals surface area contributed by atoms with Crippen LogP contribution in [0.4, 0.5) is 0 Å². The Morgan fingerprint density at radius 2 is 1.29 bits per heavy atom. The first-order valence-electron chi connectivity index (χ1n) is 5.91. The van der Waals surface area contributed by atoms with Gasteiger partial charge in [-0.1, -0.05) is 61.8 Å². The van der Waals surface area contributed by atoms with E-state index in [0.29, 0.717) is 0 Å². The highest BCUT2D eigenvalue weighted by Crippen LogP contribution is 2.26. The van der Waals surface area contributed by atoms with E-state index in [1.165, 1.54) is 22.3 Å². The largest absolute Gasteiger partial charge is 0.0988 e. The van der Waals surface area contributed by atoms with Crippen molar-refractivity contribution in [3.8, 4) is 0 Å². The molecule has 0 fully saturated rings. The SMILES string of the molecule is C=CC1=C(/C=C\C)C=CC(/C=C\C)=C(C=C)C1. The highest BCUT2D eigenvalue weighted by atomic mass is 14.1. The van der Waals surface area contributed by atoms with E-state index in [0.717, 1.165) is 6.42 Å². The summed E-state index contributed by atoms with van der Waals surface area (Å²) < 4.78 is 0. The van der Waals surface area contributed by atoms with Gasteiger partial charge in [0.25, 0.3) is 0 Å². The number of hydrogen-bond donors (Lipinski definition) is 0. The Hall–Kier alpha value is -1.82. The molecule has 88 valence electrons. The van der Waals surface area contributed by atoms with Crippen LogP contribution in [0, 0.1) is 0 Å². The van der Waals surface area contributed by atoms with Crippen LogP contribution in [0.3, 0.4) is 0 Å². The van der Waals surface area contributed by atoms with Gasteiger partial charge in [0.1, 0.15) is 0 Å². The molecule has 0 spiro atoms. The van der Waals surface area contributed by atoms with E-state index < -0.39 is 0 Å². The molecule has 0 amide bonds. The molecule has 0 radical (unpaired) electrons. The van der Waals surface area contributed by atoms with Gasteiger partial charge < -0.3 is 0 Å². The molecular weight excluding hydrogens is 204 g/mol. The average molecular weight is 224 g/mol. The van der Waals surface area contributed by atoms with Crippen molar-refractivity contribution in [2.24, 2.45) is 0 Å². The Labute approximate surface area is 105 Å². The summed E-state index contributed by atoms with van der Waals surface area (Å²) in [4.78, 5) is 0. The second-order valence-electron chi connectivity index (χ2n) is 3.88. The average Bonchev–Trinajstić information content (AvgIpc) is 2.50. The molecule has 0 heterocycles. The first-order valence-corrected chi connectivity index (χ1v) is 5.91. The molecule has 0 N–H and O–H groups in total. The lowest BCUT2D eigenvalue weighted by Crippen LogP contribution is -1.87. The minimum atomic E-state index is 0.888. The second-order valence-corrected chi connectivity index (χ2v) is 3.88. The topological polar surface area (TPSA) is 0 Å². The summed E-state index contributed by atoms with van der Waals surface area (Å²) >= 11 is 0. The summed E-state index contributed by atoms with van der Waals surface area (Å²) in [5, 5.41) is 0. The summed E-state index contributed by atoms with van der Waals surface area (Å²) in [7, 11) is 0. The highest BCUT2D eigenvalue weighted by Gasteiger charge is 2.07. The number of rotatable bonds is 4. The lowest BCUT2D eigenvalue weighted by Gasteiger charge is -2.06. The van der Waals surface area contributed by atoms with Gasteiger partial charge in [-0.15, -0.1) is 0 Å². The van der Waals surface area contributed by atoms with Gasteiger partial charge in [0.15, 0.2) is 0 Å². The quantitative estimate of drug-likeness (QED) is 0.626. The molecular formula is C17H20. The van der Waals surface area contributed by atoms with E-state index >= 15 is 0 Å². The van der Waals surface area contributed by atoms with Crippen molar-refractivity contribution in [1.82, 2.24) is 0 Å². The molecule has 1 aliphatic carbocycles. The predicted octanol–water partition coefficient (Wildman–Crippen LogP) is 5.06. The normalized spacial score (nSPS) is 17.1. The molecule has 0 saturated heterocycles. The van der Waals surface area contributed by atoms with Crippen molar-refractivity contribution in [1.29, 1.82) is 0 Å². The van der Waals surface area contributed by atoms with Gasteiger partial charge in [0.2, 0.25) is 0 Å². The van der Waals surface area contributed by atoms with Crippen LogP contribution in [0.25, 0.3) is 0 Å². The summed E-state index contributed by atoms with van der Waals surface area (Å²) in [5.74, 6) is 0. The van der Waals surface area contributed by atoms with Crippen molar-refractivity contribution in [2.45, 2.75) is 20.3 Å². The zero-order valence-electron chi connectivity index (χ0n) is 10.7. The fraction of sp³-hybridized carbons (Fsp3) is 0.176. The second kappa shape index (κ2) is 6.70. The molecule has 0 aromatic heterocycles.